The molecule has 0 saturated heterocycles. The molecule has 0 radical (unpaired) electrons. The molecule has 4 aromatic rings. The zero-order chi connectivity index (χ0) is 24.4. The Hall–Kier alpha value is -4.17. The van der Waals surface area contributed by atoms with Gasteiger partial charge in [0.2, 0.25) is 5.95 Å². The van der Waals surface area contributed by atoms with E-state index in [2.05, 4.69) is 15.6 Å². The average molecular weight is 487 g/mol. The number of pyridine rings is 1. The standard InChI is InChI=1S/C26H23ClN6O2/c1-3-35-21-13-7-5-11-19(21)23-22(25(34)30-17-9-8-14-28-15-17)16(2)29-26-31-24(32-33(23)26)18-10-4-6-12-20(18)27/h4-15,23H,3H2,1-2H3,(H,30,34)(H,29,31,32). The molecular weight excluding hydrogens is 464 g/mol. The van der Waals surface area contributed by atoms with Crippen LogP contribution in [0.3, 0.4) is 0 Å². The number of carbonyl (C=O) groups excluding carboxylic acids is 1. The molecule has 1 amide bonds. The van der Waals surface area contributed by atoms with Gasteiger partial charge in [-0.15, -0.1) is 5.10 Å². The van der Waals surface area contributed by atoms with Gasteiger partial charge < -0.3 is 15.4 Å². The lowest BCUT2D eigenvalue weighted by Crippen LogP contribution is -2.31. The molecule has 176 valence electrons. The fourth-order valence-corrected chi connectivity index (χ4v) is 4.34. The first-order chi connectivity index (χ1) is 17.1. The maximum absolute atomic E-state index is 13.6. The van der Waals surface area contributed by atoms with Gasteiger partial charge in [0.1, 0.15) is 11.8 Å². The molecule has 1 aliphatic rings. The minimum atomic E-state index is -0.589. The molecule has 0 aliphatic carbocycles. The fourth-order valence-electron chi connectivity index (χ4n) is 4.12. The van der Waals surface area contributed by atoms with Crippen LogP contribution in [0.5, 0.6) is 5.75 Å². The fraction of sp³-hybridized carbons (Fsp3) is 0.154. The van der Waals surface area contributed by atoms with Gasteiger partial charge in [-0.1, -0.05) is 41.9 Å². The van der Waals surface area contributed by atoms with Gasteiger partial charge in [0, 0.05) is 23.0 Å². The molecule has 8 nitrogen and oxygen atoms in total. The van der Waals surface area contributed by atoms with Gasteiger partial charge in [0.25, 0.3) is 5.91 Å². The van der Waals surface area contributed by atoms with E-state index < -0.39 is 6.04 Å². The lowest BCUT2D eigenvalue weighted by Gasteiger charge is -2.29. The Morgan fingerprint density at radius 2 is 1.94 bits per heavy atom. The molecule has 2 N–H and O–H groups in total. The van der Waals surface area contributed by atoms with Crippen LogP contribution in [0.15, 0.2) is 84.3 Å². The number of halogens is 1. The first-order valence-corrected chi connectivity index (χ1v) is 11.6. The maximum Gasteiger partial charge on any atom is 0.255 e. The van der Waals surface area contributed by atoms with Gasteiger partial charge in [0.05, 0.1) is 29.1 Å². The topological polar surface area (TPSA) is 94.0 Å². The van der Waals surface area contributed by atoms with Crippen molar-refractivity contribution in [3.63, 3.8) is 0 Å². The Morgan fingerprint density at radius 1 is 1.14 bits per heavy atom. The normalized spacial score (nSPS) is 14.8. The van der Waals surface area contributed by atoms with Crippen LogP contribution in [0.25, 0.3) is 11.4 Å². The van der Waals surface area contributed by atoms with Crippen molar-refractivity contribution in [3.05, 3.63) is 94.9 Å². The molecule has 35 heavy (non-hydrogen) atoms. The van der Waals surface area contributed by atoms with Crippen LogP contribution in [0.4, 0.5) is 11.6 Å². The number of benzene rings is 2. The van der Waals surface area contributed by atoms with Crippen molar-refractivity contribution in [2.45, 2.75) is 19.9 Å². The number of rotatable bonds is 6. The lowest BCUT2D eigenvalue weighted by molar-refractivity contribution is -0.113. The molecule has 0 spiro atoms. The minimum Gasteiger partial charge on any atom is -0.494 e. The van der Waals surface area contributed by atoms with Crippen LogP contribution >= 0.6 is 11.6 Å². The van der Waals surface area contributed by atoms with E-state index in [0.717, 1.165) is 5.56 Å². The van der Waals surface area contributed by atoms with Gasteiger partial charge in [-0.25, -0.2) is 4.68 Å². The number of allylic oxidation sites excluding steroid dienone is 1. The van der Waals surface area contributed by atoms with Crippen molar-refractivity contribution < 1.29 is 9.53 Å². The number of fused-ring (bicyclic) bond motifs is 1. The number of aromatic nitrogens is 4. The molecule has 3 heterocycles. The second-order valence-corrected chi connectivity index (χ2v) is 8.32. The third-order valence-electron chi connectivity index (χ3n) is 5.64. The van der Waals surface area contributed by atoms with E-state index in [0.29, 0.717) is 51.7 Å². The molecule has 0 saturated carbocycles. The van der Waals surface area contributed by atoms with Crippen LogP contribution in [-0.4, -0.2) is 32.3 Å². The van der Waals surface area contributed by atoms with E-state index in [-0.39, 0.29) is 5.91 Å². The third-order valence-corrected chi connectivity index (χ3v) is 5.97. The van der Waals surface area contributed by atoms with Crippen molar-refractivity contribution in [2.24, 2.45) is 0 Å². The monoisotopic (exact) mass is 486 g/mol. The second kappa shape index (κ2) is 9.60. The van der Waals surface area contributed by atoms with Crippen molar-refractivity contribution in [2.75, 3.05) is 17.2 Å². The van der Waals surface area contributed by atoms with E-state index >= 15 is 0 Å². The van der Waals surface area contributed by atoms with E-state index in [1.54, 1.807) is 35.3 Å². The van der Waals surface area contributed by atoms with Crippen LogP contribution in [-0.2, 0) is 4.79 Å². The molecule has 1 aliphatic heterocycles. The van der Waals surface area contributed by atoms with Crippen LogP contribution < -0.4 is 15.4 Å². The summed E-state index contributed by atoms with van der Waals surface area (Å²) in [5.41, 5.74) is 3.24. The first kappa shape index (κ1) is 22.6. The SMILES string of the molecule is CCOc1ccccc1C1C(C(=O)Nc2cccnc2)=C(C)Nc2nc(-c3ccccc3Cl)nn21. The molecular formula is C26H23ClN6O2. The Morgan fingerprint density at radius 3 is 2.71 bits per heavy atom. The molecule has 9 heteroatoms. The van der Waals surface area contributed by atoms with Crippen LogP contribution in [0.1, 0.15) is 25.5 Å². The highest BCUT2D eigenvalue weighted by Crippen LogP contribution is 2.40. The van der Waals surface area contributed by atoms with Crippen molar-refractivity contribution in [1.82, 2.24) is 19.7 Å². The summed E-state index contributed by atoms with van der Waals surface area (Å²) in [7, 11) is 0. The summed E-state index contributed by atoms with van der Waals surface area (Å²) in [6.07, 6.45) is 3.25. The van der Waals surface area contributed by atoms with Crippen LogP contribution in [0.2, 0.25) is 5.02 Å². The Balaban J connectivity index is 1.65. The third kappa shape index (κ3) is 4.36. The summed E-state index contributed by atoms with van der Waals surface area (Å²) >= 11 is 6.43. The summed E-state index contributed by atoms with van der Waals surface area (Å²) in [5, 5.41) is 11.5. The highest BCUT2D eigenvalue weighted by atomic mass is 35.5. The number of anilines is 2. The van der Waals surface area contributed by atoms with Gasteiger partial charge >= 0.3 is 0 Å². The Kier molecular flexibility index (Phi) is 6.20. The van der Waals surface area contributed by atoms with Gasteiger partial charge in [-0.2, -0.15) is 4.98 Å². The van der Waals surface area contributed by atoms with Crippen molar-refractivity contribution in [3.8, 4) is 17.1 Å². The lowest BCUT2D eigenvalue weighted by atomic mass is 9.94. The number of nitrogens with zero attached hydrogens (tertiary/aromatic N) is 4. The summed E-state index contributed by atoms with van der Waals surface area (Å²) in [6.45, 7) is 4.26. The molecule has 5 rings (SSSR count). The molecule has 2 aromatic heterocycles. The maximum atomic E-state index is 13.6. The van der Waals surface area contributed by atoms with E-state index in [1.807, 2.05) is 56.3 Å². The van der Waals surface area contributed by atoms with Crippen molar-refractivity contribution >= 4 is 29.1 Å². The number of ether oxygens (including phenoxy) is 1. The Labute approximate surface area is 207 Å². The smallest absolute Gasteiger partial charge is 0.255 e. The zero-order valence-corrected chi connectivity index (χ0v) is 20.0. The number of nitrogens with one attached hydrogen (secondary N) is 2. The highest BCUT2D eigenvalue weighted by Gasteiger charge is 2.36. The first-order valence-electron chi connectivity index (χ1n) is 11.2. The predicted octanol–water partition coefficient (Wildman–Crippen LogP) is 5.32. The summed E-state index contributed by atoms with van der Waals surface area (Å²) in [6, 6.07) is 18.0. The zero-order valence-electron chi connectivity index (χ0n) is 19.2. The molecule has 0 bridgehead atoms. The number of hydrogen-bond donors (Lipinski definition) is 2. The molecule has 1 unspecified atom stereocenters. The number of hydrogen-bond acceptors (Lipinski definition) is 6. The summed E-state index contributed by atoms with van der Waals surface area (Å²) in [5.74, 6) is 1.35. The van der Waals surface area contributed by atoms with Crippen LogP contribution in [0, 0.1) is 0 Å². The number of amides is 1. The van der Waals surface area contributed by atoms with Crippen molar-refractivity contribution in [1.29, 1.82) is 0 Å². The minimum absolute atomic E-state index is 0.278. The van der Waals surface area contributed by atoms with E-state index in [1.165, 1.54) is 0 Å². The summed E-state index contributed by atoms with van der Waals surface area (Å²) in [4.78, 5) is 22.4. The quantitative estimate of drug-likeness (QED) is 0.383. The number of carbonyl (C=O) groups is 1. The predicted molar refractivity (Wildman–Crippen MR) is 135 cm³/mol. The Bertz CT molecular complexity index is 1420. The molecule has 0 fully saturated rings. The van der Waals surface area contributed by atoms with E-state index in [4.69, 9.17) is 26.4 Å². The second-order valence-electron chi connectivity index (χ2n) is 7.92. The summed E-state index contributed by atoms with van der Waals surface area (Å²) < 4.78 is 7.64. The number of para-hydroxylation sites is 1. The highest BCUT2D eigenvalue weighted by molar-refractivity contribution is 6.33. The van der Waals surface area contributed by atoms with Gasteiger partial charge in [-0.05, 0) is 44.2 Å². The van der Waals surface area contributed by atoms with E-state index in [9.17, 15) is 4.79 Å². The van der Waals surface area contributed by atoms with Gasteiger partial charge in [-0.3, -0.25) is 9.78 Å². The average Bonchev–Trinajstić information content (AvgIpc) is 3.28. The molecule has 2 aromatic carbocycles. The largest absolute Gasteiger partial charge is 0.494 e. The molecule has 1 atom stereocenters. The van der Waals surface area contributed by atoms with Gasteiger partial charge in [0.15, 0.2) is 5.82 Å².